The van der Waals surface area contributed by atoms with Gasteiger partial charge in [0.15, 0.2) is 0 Å². The molecule has 0 spiro atoms. The van der Waals surface area contributed by atoms with E-state index < -0.39 is 0 Å². The molecule has 0 atom stereocenters. The van der Waals surface area contributed by atoms with Gasteiger partial charge in [-0.25, -0.2) is 4.98 Å². The topological polar surface area (TPSA) is 17.8 Å². The number of imidazole rings is 1. The van der Waals surface area contributed by atoms with Crippen LogP contribution in [0, 0.1) is 17.8 Å². The Morgan fingerprint density at radius 1 is 1.00 bits per heavy atom. The van der Waals surface area contributed by atoms with Crippen LogP contribution in [0.5, 0.6) is 0 Å². The van der Waals surface area contributed by atoms with Crippen molar-refractivity contribution in [3.63, 3.8) is 0 Å². The van der Waals surface area contributed by atoms with Gasteiger partial charge in [-0.1, -0.05) is 0 Å². The molecule has 5 aliphatic rings. The molecule has 1 aliphatic heterocycles. The molecule has 0 unspecified atom stereocenters. The highest BCUT2D eigenvalue weighted by molar-refractivity contribution is 5.23. The molecule has 0 radical (unpaired) electrons. The number of rotatable bonds is 1. The molecule has 110 valence electrons. The predicted octanol–water partition coefficient (Wildman–Crippen LogP) is 0.691. The Labute approximate surface area is 132 Å². The molecule has 1 aromatic heterocycles. The van der Waals surface area contributed by atoms with Gasteiger partial charge in [0.05, 0.1) is 5.69 Å². The Bertz CT molecular complexity index is 460. The lowest BCUT2D eigenvalue weighted by Crippen LogP contribution is -3.00. The van der Waals surface area contributed by atoms with E-state index in [1.807, 2.05) is 0 Å². The Kier molecular flexibility index (Phi) is 3.07. The molecule has 4 fully saturated rings. The van der Waals surface area contributed by atoms with Crippen LogP contribution in [0.1, 0.15) is 62.9 Å². The van der Waals surface area contributed by atoms with E-state index in [2.05, 4.69) is 10.8 Å². The molecule has 4 bridgehead atoms. The third-order valence-corrected chi connectivity index (χ3v) is 6.49. The van der Waals surface area contributed by atoms with E-state index in [9.17, 15) is 0 Å². The summed E-state index contributed by atoms with van der Waals surface area (Å²) in [6.45, 7) is 1.22. The average Bonchev–Trinajstić information content (AvgIpc) is 2.81. The zero-order valence-corrected chi connectivity index (χ0v) is 13.7. The van der Waals surface area contributed by atoms with E-state index in [-0.39, 0.29) is 17.0 Å². The number of hydrogen-bond acceptors (Lipinski definition) is 1. The van der Waals surface area contributed by atoms with Crippen molar-refractivity contribution in [3.8, 4) is 0 Å². The fourth-order valence-corrected chi connectivity index (χ4v) is 6.09. The number of halogens is 1. The summed E-state index contributed by atoms with van der Waals surface area (Å²) >= 11 is 0. The van der Waals surface area contributed by atoms with Gasteiger partial charge in [-0.2, -0.15) is 0 Å². The Morgan fingerprint density at radius 3 is 2.25 bits per heavy atom. The molecule has 0 saturated heterocycles. The zero-order valence-electron chi connectivity index (χ0n) is 12.2. The van der Waals surface area contributed by atoms with E-state index in [1.54, 1.807) is 0 Å². The summed E-state index contributed by atoms with van der Waals surface area (Å²) in [7, 11) is 0. The molecule has 2 nitrogen and oxygen atoms in total. The minimum Gasteiger partial charge on any atom is -1.00 e. The Hall–Kier alpha value is -0.310. The highest BCUT2D eigenvalue weighted by Gasteiger charge is 2.52. The minimum absolute atomic E-state index is 0. The van der Waals surface area contributed by atoms with Gasteiger partial charge < -0.3 is 21.5 Å². The van der Waals surface area contributed by atoms with E-state index in [0.717, 1.165) is 17.8 Å². The third-order valence-electron chi connectivity index (χ3n) is 6.49. The number of nitrogens with zero attached hydrogens (tertiary/aromatic N) is 2. The molecule has 6 rings (SSSR count). The first-order valence-electron chi connectivity index (χ1n) is 8.37. The molecule has 3 heteroatoms. The van der Waals surface area contributed by atoms with Crippen LogP contribution in [0.3, 0.4) is 0 Å². The van der Waals surface area contributed by atoms with Crippen molar-refractivity contribution < 1.29 is 17.0 Å². The summed E-state index contributed by atoms with van der Waals surface area (Å²) in [5.41, 5.74) is 1.99. The molecule has 4 aliphatic carbocycles. The second kappa shape index (κ2) is 4.59. The Balaban J connectivity index is 0.00000106. The second-order valence-electron chi connectivity index (χ2n) is 7.89. The largest absolute Gasteiger partial charge is 1.00 e. The maximum atomic E-state index is 5.10. The molecule has 4 saturated carbocycles. The Morgan fingerprint density at radius 2 is 1.65 bits per heavy atom. The normalized spacial score (nSPS) is 41.3. The van der Waals surface area contributed by atoms with Crippen molar-refractivity contribution in [2.45, 2.75) is 69.7 Å². The lowest BCUT2D eigenvalue weighted by molar-refractivity contribution is -0.00711. The van der Waals surface area contributed by atoms with Crippen molar-refractivity contribution in [1.29, 1.82) is 0 Å². The molecular formula is C17H24BrN2-. The number of fused-ring (bicyclic) bond motifs is 1. The van der Waals surface area contributed by atoms with Gasteiger partial charge in [-0.05, 0) is 69.1 Å². The van der Waals surface area contributed by atoms with Gasteiger partial charge in [0.2, 0.25) is 0 Å². The third kappa shape index (κ3) is 1.84. The van der Waals surface area contributed by atoms with Gasteiger partial charge in [0, 0.05) is 24.6 Å². The van der Waals surface area contributed by atoms with Crippen LogP contribution in [-0.2, 0) is 18.4 Å². The molecule has 1 aromatic rings. The van der Waals surface area contributed by atoms with Gasteiger partial charge in [0.1, 0.15) is 5.82 Å². The van der Waals surface area contributed by atoms with Crippen molar-refractivity contribution in [2.24, 2.45) is 17.8 Å². The minimum atomic E-state index is 0. The lowest BCUT2D eigenvalue weighted by atomic mass is 9.49. The summed E-state index contributed by atoms with van der Waals surface area (Å²) in [6.07, 6.45) is 15.3. The maximum absolute atomic E-state index is 5.10. The van der Waals surface area contributed by atoms with E-state index in [0.29, 0.717) is 5.41 Å². The molecule has 0 aromatic carbocycles. The summed E-state index contributed by atoms with van der Waals surface area (Å²) in [5.74, 6) is 4.48. The van der Waals surface area contributed by atoms with Gasteiger partial charge in [0.25, 0.3) is 0 Å². The molecule has 0 amide bonds. The molecular weight excluding hydrogens is 312 g/mol. The highest BCUT2D eigenvalue weighted by atomic mass is 79.9. The van der Waals surface area contributed by atoms with Crippen molar-refractivity contribution in [3.05, 3.63) is 17.7 Å². The zero-order chi connectivity index (χ0) is 12.4. The highest BCUT2D eigenvalue weighted by Crippen LogP contribution is 2.60. The van der Waals surface area contributed by atoms with Gasteiger partial charge >= 0.3 is 0 Å². The summed E-state index contributed by atoms with van der Waals surface area (Å²) in [6, 6.07) is 0. The smallest absolute Gasteiger partial charge is 0.108 e. The van der Waals surface area contributed by atoms with Crippen LogP contribution in [-0.4, -0.2) is 9.55 Å². The van der Waals surface area contributed by atoms with Crippen molar-refractivity contribution >= 4 is 0 Å². The summed E-state index contributed by atoms with van der Waals surface area (Å²) < 4.78 is 2.47. The standard InChI is InChI=1S/C17H24N2.BrH/c1-2-4-19-11-15(18-16(19)3-1)17-8-12-5-13(9-17)7-14(6-12)10-17;/h11-14H,1-10H2;1H/p-1. The quantitative estimate of drug-likeness (QED) is 0.738. The van der Waals surface area contributed by atoms with Crippen LogP contribution in [0.25, 0.3) is 0 Å². The maximum Gasteiger partial charge on any atom is 0.108 e. The number of hydrogen-bond donors (Lipinski definition) is 0. The molecule has 2 heterocycles. The van der Waals surface area contributed by atoms with Crippen LogP contribution in [0.2, 0.25) is 0 Å². The first-order valence-corrected chi connectivity index (χ1v) is 8.37. The SMILES string of the molecule is [Br-].c1c(C23CC4CC(CC(C4)C2)C3)nc2n1CCCC2. The fraction of sp³-hybridized carbons (Fsp3) is 0.824. The first-order chi connectivity index (χ1) is 9.31. The van der Waals surface area contributed by atoms with E-state index in [4.69, 9.17) is 4.98 Å². The average molecular weight is 336 g/mol. The van der Waals surface area contributed by atoms with Crippen LogP contribution < -0.4 is 17.0 Å². The monoisotopic (exact) mass is 335 g/mol. The van der Waals surface area contributed by atoms with Crippen molar-refractivity contribution in [2.75, 3.05) is 0 Å². The van der Waals surface area contributed by atoms with Crippen LogP contribution in [0.15, 0.2) is 6.20 Å². The number of aryl methyl sites for hydroxylation is 2. The van der Waals surface area contributed by atoms with Crippen molar-refractivity contribution in [1.82, 2.24) is 9.55 Å². The second-order valence-corrected chi connectivity index (χ2v) is 7.89. The molecule has 0 N–H and O–H groups in total. The summed E-state index contributed by atoms with van der Waals surface area (Å²) in [4.78, 5) is 5.10. The van der Waals surface area contributed by atoms with E-state index in [1.165, 1.54) is 75.9 Å². The van der Waals surface area contributed by atoms with Gasteiger partial charge in [-0.3, -0.25) is 0 Å². The van der Waals surface area contributed by atoms with E-state index >= 15 is 0 Å². The fourth-order valence-electron chi connectivity index (χ4n) is 6.09. The first kappa shape index (κ1) is 13.4. The lowest BCUT2D eigenvalue weighted by Gasteiger charge is -2.56. The summed E-state index contributed by atoms with van der Waals surface area (Å²) in [5, 5.41) is 0. The van der Waals surface area contributed by atoms with Crippen LogP contribution >= 0.6 is 0 Å². The molecule has 20 heavy (non-hydrogen) atoms. The van der Waals surface area contributed by atoms with Crippen LogP contribution in [0.4, 0.5) is 0 Å². The number of aromatic nitrogens is 2. The van der Waals surface area contributed by atoms with Gasteiger partial charge in [-0.15, -0.1) is 0 Å². The predicted molar refractivity (Wildman–Crippen MR) is 75.0 cm³/mol.